The van der Waals surface area contributed by atoms with Crippen molar-refractivity contribution in [3.8, 4) is 5.75 Å². The van der Waals surface area contributed by atoms with Crippen LogP contribution in [0.15, 0.2) is 97.2 Å². The Balaban J connectivity index is 0.000000219. The Morgan fingerprint density at radius 1 is 0.286 bits per heavy atom. The van der Waals surface area contributed by atoms with Gasteiger partial charge in [0.1, 0.15) is 52.7 Å². The van der Waals surface area contributed by atoms with E-state index >= 15 is 35.1 Å². The van der Waals surface area contributed by atoms with Crippen molar-refractivity contribution in [1.82, 2.24) is 0 Å². The minimum absolute atomic E-state index is 0.857. The molecule has 1 heterocycles. The number of para-hydroxylation sites is 1. The highest BCUT2D eigenvalue weighted by atomic mass is 19.2. The average molecular weight is 1000 g/mol. The number of benzene rings is 8. The molecule has 0 radical (unpaired) electrons. The molecule has 0 bridgehead atoms. The first kappa shape index (κ1) is 48.6. The van der Waals surface area contributed by atoms with E-state index in [0.717, 1.165) is 22.0 Å². The second-order valence-corrected chi connectivity index (χ2v) is 14.9. The van der Waals surface area contributed by atoms with Crippen LogP contribution in [0.5, 0.6) is 5.75 Å². The minimum Gasteiger partial charge on any atom is -0.230 e. The lowest BCUT2D eigenvalue weighted by atomic mass is 9.12. The molecule has 0 aliphatic heterocycles. The zero-order valence-corrected chi connectivity index (χ0v) is 33.7. The van der Waals surface area contributed by atoms with Crippen LogP contribution in [0.4, 0.5) is 87.8 Å². The number of fused-ring (bicyclic) bond motifs is 4. The first-order chi connectivity index (χ1) is 33.1. The summed E-state index contributed by atoms with van der Waals surface area (Å²) in [6.45, 7) is 0. The highest BCUT2D eigenvalue weighted by Crippen LogP contribution is 2.34. The lowest BCUT2D eigenvalue weighted by Crippen LogP contribution is -2.81. The molecule has 9 rings (SSSR count). The van der Waals surface area contributed by atoms with Gasteiger partial charge in [0.2, 0.25) is 11.9 Å². The Morgan fingerprint density at radius 3 is 0.957 bits per heavy atom. The van der Waals surface area contributed by atoms with Crippen molar-refractivity contribution in [3.05, 3.63) is 214 Å². The van der Waals surface area contributed by atoms with Crippen LogP contribution in [0.1, 0.15) is 0 Å². The standard InChI is InChI=1S/C24BF20.C23H16NO/c26-5-1(6(27)14(35)21(42)13(5)34)25(2-7(28)15(36)22(43)16(37)8(2)29,3-9(30)17(38)23(44)18(39)10(3)31)4-11(32)19(40)24(45)20(41)12(4)33;1-3-11-19-18(9-1)16-23(21-13-5-4-12-20(19)21)25-24-15-7-10-17-8-2-6-14-22(17)24/h;1-16H/q-1;+1. The molecule has 0 spiro atoms. The van der Waals surface area contributed by atoms with E-state index in [1.807, 2.05) is 29.1 Å². The summed E-state index contributed by atoms with van der Waals surface area (Å²) in [7, 11) is 0. The van der Waals surface area contributed by atoms with Crippen molar-refractivity contribution >= 4 is 60.4 Å². The number of halogens is 20. The molecule has 0 atom stereocenters. The lowest BCUT2D eigenvalue weighted by molar-refractivity contribution is -0.854. The monoisotopic (exact) mass is 1000 g/mol. The van der Waals surface area contributed by atoms with Gasteiger partial charge in [-0.15, -0.1) is 21.9 Å². The Labute approximate surface area is 376 Å². The molecular weight excluding hydrogens is 985 g/mol. The SMILES string of the molecule is Fc1c(F)c(F)c([B-](c2c(F)c(F)c(F)c(F)c2F)(c2c(F)c(F)c(F)c(F)c2F)c2c(F)c(F)c(F)c(F)c2F)c(F)c1F.c1ccc2c(c1)cc(O[n+]1cccc3ccccc31)c1ccccc12. The Hall–Kier alpha value is -7.85. The van der Waals surface area contributed by atoms with E-state index in [2.05, 4.69) is 72.8 Å². The highest BCUT2D eigenvalue weighted by Gasteiger charge is 2.52. The van der Waals surface area contributed by atoms with Gasteiger partial charge in [0.15, 0.2) is 69.8 Å². The van der Waals surface area contributed by atoms with E-state index in [1.165, 1.54) is 16.2 Å². The van der Waals surface area contributed by atoms with Gasteiger partial charge in [-0.3, -0.25) is 0 Å². The van der Waals surface area contributed by atoms with E-state index in [-0.39, 0.29) is 0 Å². The summed E-state index contributed by atoms with van der Waals surface area (Å²) in [6.07, 6.45) is -5.27. The van der Waals surface area contributed by atoms with Crippen LogP contribution in [0.2, 0.25) is 0 Å². The van der Waals surface area contributed by atoms with Crippen molar-refractivity contribution in [2.75, 3.05) is 0 Å². The van der Waals surface area contributed by atoms with Gasteiger partial charge in [0, 0.05) is 22.2 Å². The van der Waals surface area contributed by atoms with Gasteiger partial charge in [0.05, 0.1) is 5.39 Å². The number of aromatic nitrogens is 1. The summed E-state index contributed by atoms with van der Waals surface area (Å²) in [5.41, 5.74) is -13.3. The topological polar surface area (TPSA) is 13.1 Å². The van der Waals surface area contributed by atoms with Crippen LogP contribution in [-0.2, 0) is 0 Å². The molecular formula is C47H16BF20NO. The fourth-order valence-electron chi connectivity index (χ4n) is 8.29. The maximum absolute atomic E-state index is 15.4. The van der Waals surface area contributed by atoms with Gasteiger partial charge in [-0.25, -0.2) is 92.6 Å². The normalized spacial score (nSPS) is 11.7. The van der Waals surface area contributed by atoms with Crippen molar-refractivity contribution < 1.29 is 97.4 Å². The Morgan fingerprint density at radius 2 is 0.571 bits per heavy atom. The minimum atomic E-state index is -7.22. The molecule has 0 N–H and O–H groups in total. The lowest BCUT2D eigenvalue weighted by Gasteiger charge is -2.44. The molecule has 1 aromatic heterocycles. The first-order valence-electron chi connectivity index (χ1n) is 19.3. The van der Waals surface area contributed by atoms with Gasteiger partial charge in [-0.1, -0.05) is 60.7 Å². The largest absolute Gasteiger partial charge is 0.265 e. The summed E-state index contributed by atoms with van der Waals surface area (Å²) in [5.74, 6) is -70.5. The van der Waals surface area contributed by atoms with Crippen LogP contribution in [0.25, 0.3) is 32.4 Å². The molecule has 9 aromatic rings. The molecule has 0 saturated carbocycles. The van der Waals surface area contributed by atoms with Crippen LogP contribution in [0, 0.1) is 116 Å². The Kier molecular flexibility index (Phi) is 12.4. The third-order valence-electron chi connectivity index (χ3n) is 11.3. The fourth-order valence-corrected chi connectivity index (χ4v) is 8.29. The highest BCUT2D eigenvalue weighted by molar-refractivity contribution is 7.20. The van der Waals surface area contributed by atoms with Gasteiger partial charge >= 0.3 is 0 Å². The molecule has 23 heteroatoms. The van der Waals surface area contributed by atoms with Gasteiger partial charge < -0.3 is 0 Å². The molecule has 2 nitrogen and oxygen atoms in total. The molecule has 0 aliphatic rings. The smallest absolute Gasteiger partial charge is 0.230 e. The fraction of sp³-hybridized carbons (Fsp3) is 0. The average Bonchev–Trinajstić information content (AvgIpc) is 3.36. The van der Waals surface area contributed by atoms with E-state index in [0.29, 0.717) is 0 Å². The number of nitrogens with zero attached hydrogens (tertiary/aromatic N) is 1. The Bertz CT molecular complexity index is 3280. The van der Waals surface area contributed by atoms with E-state index in [1.54, 1.807) is 0 Å². The number of pyridine rings is 1. The van der Waals surface area contributed by atoms with Crippen molar-refractivity contribution in [2.24, 2.45) is 0 Å². The van der Waals surface area contributed by atoms with Crippen molar-refractivity contribution in [3.63, 3.8) is 0 Å². The predicted octanol–water partition coefficient (Wildman–Crippen LogP) is 11.1. The maximum Gasteiger partial charge on any atom is 0.265 e. The number of rotatable bonds is 6. The van der Waals surface area contributed by atoms with Crippen molar-refractivity contribution in [2.45, 2.75) is 0 Å². The molecule has 8 aromatic carbocycles. The van der Waals surface area contributed by atoms with Crippen molar-refractivity contribution in [1.29, 1.82) is 0 Å². The summed E-state index contributed by atoms with van der Waals surface area (Å²) in [5, 5.41) is 5.89. The molecule has 0 fully saturated rings. The molecule has 358 valence electrons. The van der Waals surface area contributed by atoms with E-state index < -0.39 is 144 Å². The van der Waals surface area contributed by atoms with Gasteiger partial charge in [0.25, 0.3) is 5.52 Å². The molecule has 0 saturated heterocycles. The second-order valence-electron chi connectivity index (χ2n) is 14.9. The van der Waals surface area contributed by atoms with Gasteiger partial charge in [-0.2, -0.15) is 0 Å². The van der Waals surface area contributed by atoms with Crippen LogP contribution < -0.4 is 31.4 Å². The summed E-state index contributed by atoms with van der Waals surface area (Å²) >= 11 is 0. The first-order valence-corrected chi connectivity index (χ1v) is 19.3. The molecule has 0 amide bonds. The van der Waals surface area contributed by atoms with Gasteiger partial charge in [-0.05, 0) is 34.4 Å². The zero-order valence-electron chi connectivity index (χ0n) is 33.7. The van der Waals surface area contributed by atoms with E-state index in [4.69, 9.17) is 4.84 Å². The van der Waals surface area contributed by atoms with E-state index in [9.17, 15) is 52.7 Å². The molecule has 70 heavy (non-hydrogen) atoms. The zero-order chi connectivity index (χ0) is 51.0. The number of hydrogen-bond acceptors (Lipinski definition) is 1. The molecule has 0 aliphatic carbocycles. The maximum atomic E-state index is 15.4. The summed E-state index contributed by atoms with van der Waals surface area (Å²) < 4.78 is 296. The summed E-state index contributed by atoms with van der Waals surface area (Å²) in [6, 6.07) is 31.3. The van der Waals surface area contributed by atoms with Crippen LogP contribution in [0.3, 0.4) is 0 Å². The number of hydrogen-bond donors (Lipinski definition) is 0. The van der Waals surface area contributed by atoms with Crippen LogP contribution >= 0.6 is 0 Å². The predicted molar refractivity (Wildman–Crippen MR) is 211 cm³/mol. The molecule has 0 unspecified atom stereocenters. The third-order valence-corrected chi connectivity index (χ3v) is 11.3. The third kappa shape index (κ3) is 7.19. The van der Waals surface area contributed by atoms with Crippen LogP contribution in [-0.4, -0.2) is 6.15 Å². The summed E-state index contributed by atoms with van der Waals surface area (Å²) in [4.78, 5) is 6.33. The second kappa shape index (κ2) is 17.9. The quantitative estimate of drug-likeness (QED) is 0.0404.